The average Bonchev–Trinajstić information content (AvgIpc) is 2.78. The van der Waals surface area contributed by atoms with Crippen molar-refractivity contribution in [3.05, 3.63) is 56.5 Å². The molecule has 1 aliphatic rings. The first-order valence-electron chi connectivity index (χ1n) is 6.98. The van der Waals surface area contributed by atoms with Crippen molar-refractivity contribution in [2.45, 2.75) is 20.3 Å². The summed E-state index contributed by atoms with van der Waals surface area (Å²) in [6.07, 6.45) is 0.839. The normalized spacial score (nSPS) is 15.1. The molecule has 2 aromatic carbocycles. The standard InChI is InChI=1S/C17H14BrClN2O/c1-3-10-6-11(18)7-13-15(10)21-17(22)16(13)20-12-5-4-9(2)14(19)8-12/h4-8H,3H2,1-2H3,(H,20,21,22). The minimum Gasteiger partial charge on any atom is -0.320 e. The Balaban J connectivity index is 2.13. The van der Waals surface area contributed by atoms with Gasteiger partial charge >= 0.3 is 0 Å². The smallest absolute Gasteiger partial charge is 0.275 e. The van der Waals surface area contributed by atoms with Gasteiger partial charge in [-0.3, -0.25) is 4.79 Å². The van der Waals surface area contributed by atoms with Crippen LogP contribution in [0.4, 0.5) is 11.4 Å². The third-order valence-electron chi connectivity index (χ3n) is 3.67. The molecule has 1 amide bonds. The monoisotopic (exact) mass is 376 g/mol. The van der Waals surface area contributed by atoms with Crippen LogP contribution in [-0.4, -0.2) is 11.6 Å². The van der Waals surface area contributed by atoms with Gasteiger partial charge in [-0.25, -0.2) is 4.99 Å². The van der Waals surface area contributed by atoms with Crippen molar-refractivity contribution in [3.63, 3.8) is 0 Å². The molecule has 3 nitrogen and oxygen atoms in total. The largest absolute Gasteiger partial charge is 0.320 e. The van der Waals surface area contributed by atoms with E-state index in [0.717, 1.165) is 33.3 Å². The molecular formula is C17H14BrClN2O. The number of anilines is 1. The maximum Gasteiger partial charge on any atom is 0.275 e. The fourth-order valence-corrected chi connectivity index (χ4v) is 3.14. The van der Waals surface area contributed by atoms with Gasteiger partial charge in [0.15, 0.2) is 0 Å². The minimum absolute atomic E-state index is 0.181. The zero-order chi connectivity index (χ0) is 15.9. The molecule has 112 valence electrons. The van der Waals surface area contributed by atoms with Gasteiger partial charge in [-0.2, -0.15) is 0 Å². The van der Waals surface area contributed by atoms with Gasteiger partial charge < -0.3 is 5.32 Å². The number of halogens is 2. The third-order valence-corrected chi connectivity index (χ3v) is 4.54. The SMILES string of the molecule is CCc1cc(Br)cc2c1NC(=O)C2=Nc1ccc(C)c(Cl)c1. The Hall–Kier alpha value is -1.65. The summed E-state index contributed by atoms with van der Waals surface area (Å²) in [4.78, 5) is 16.8. The lowest BCUT2D eigenvalue weighted by atomic mass is 10.0. The molecular weight excluding hydrogens is 364 g/mol. The number of hydrogen-bond donors (Lipinski definition) is 1. The second-order valence-electron chi connectivity index (χ2n) is 5.19. The molecule has 22 heavy (non-hydrogen) atoms. The van der Waals surface area contributed by atoms with Gasteiger partial charge in [0, 0.05) is 15.1 Å². The predicted molar refractivity (Wildman–Crippen MR) is 94.5 cm³/mol. The van der Waals surface area contributed by atoms with Gasteiger partial charge in [0.1, 0.15) is 5.71 Å². The summed E-state index contributed by atoms with van der Waals surface area (Å²) in [6, 6.07) is 9.46. The molecule has 0 saturated heterocycles. The van der Waals surface area contributed by atoms with E-state index in [9.17, 15) is 4.79 Å². The Morgan fingerprint density at radius 1 is 1.27 bits per heavy atom. The third kappa shape index (κ3) is 2.69. The first kappa shape index (κ1) is 15.3. The number of aryl methyl sites for hydroxylation is 2. The molecule has 0 aliphatic carbocycles. The number of amides is 1. The lowest BCUT2D eigenvalue weighted by molar-refractivity contribution is -0.110. The van der Waals surface area contributed by atoms with Crippen LogP contribution in [0.15, 0.2) is 39.8 Å². The highest BCUT2D eigenvalue weighted by molar-refractivity contribution is 9.10. The van der Waals surface area contributed by atoms with E-state index in [4.69, 9.17) is 11.6 Å². The van der Waals surface area contributed by atoms with Gasteiger partial charge in [-0.15, -0.1) is 0 Å². The number of carbonyl (C=O) groups is 1. The van der Waals surface area contributed by atoms with Crippen LogP contribution in [0.5, 0.6) is 0 Å². The first-order valence-corrected chi connectivity index (χ1v) is 8.15. The number of hydrogen-bond acceptors (Lipinski definition) is 2. The van der Waals surface area contributed by atoms with Gasteiger partial charge in [0.05, 0.1) is 11.4 Å². The predicted octanol–water partition coefficient (Wildman–Crippen LogP) is 5.05. The van der Waals surface area contributed by atoms with E-state index in [1.54, 1.807) is 6.07 Å². The zero-order valence-electron chi connectivity index (χ0n) is 12.2. The van der Waals surface area contributed by atoms with Crippen LogP contribution >= 0.6 is 27.5 Å². The fraction of sp³-hybridized carbons (Fsp3) is 0.176. The van der Waals surface area contributed by atoms with Crippen molar-refractivity contribution in [2.24, 2.45) is 4.99 Å². The molecule has 0 aromatic heterocycles. The quantitative estimate of drug-likeness (QED) is 0.782. The number of benzene rings is 2. The van der Waals surface area contributed by atoms with E-state index in [0.29, 0.717) is 16.4 Å². The molecule has 1 heterocycles. The Morgan fingerprint density at radius 2 is 2.05 bits per heavy atom. The number of rotatable bonds is 2. The number of nitrogens with one attached hydrogen (secondary N) is 1. The average molecular weight is 378 g/mol. The van der Waals surface area contributed by atoms with E-state index >= 15 is 0 Å². The van der Waals surface area contributed by atoms with Crippen LogP contribution in [0.25, 0.3) is 0 Å². The van der Waals surface area contributed by atoms with Gasteiger partial charge in [0.2, 0.25) is 0 Å². The summed E-state index contributed by atoms with van der Waals surface area (Å²) in [7, 11) is 0. The molecule has 3 rings (SSSR count). The van der Waals surface area contributed by atoms with Crippen LogP contribution in [0.3, 0.4) is 0 Å². The lowest BCUT2D eigenvalue weighted by Gasteiger charge is -2.06. The summed E-state index contributed by atoms with van der Waals surface area (Å²) in [5, 5.41) is 3.56. The summed E-state index contributed by atoms with van der Waals surface area (Å²) < 4.78 is 0.939. The molecule has 0 atom stereocenters. The van der Waals surface area contributed by atoms with Gasteiger partial charge in [-0.1, -0.05) is 40.5 Å². The summed E-state index contributed by atoms with van der Waals surface area (Å²) in [6.45, 7) is 3.99. The van der Waals surface area contributed by atoms with E-state index in [2.05, 4.69) is 33.2 Å². The summed E-state index contributed by atoms with van der Waals surface area (Å²) in [5.41, 5.74) is 4.85. The molecule has 0 bridgehead atoms. The fourth-order valence-electron chi connectivity index (χ4n) is 2.46. The van der Waals surface area contributed by atoms with E-state index in [1.165, 1.54) is 0 Å². The van der Waals surface area contributed by atoms with Crippen LogP contribution in [0.2, 0.25) is 5.02 Å². The molecule has 0 saturated carbocycles. The summed E-state index contributed by atoms with van der Waals surface area (Å²) in [5.74, 6) is -0.181. The minimum atomic E-state index is -0.181. The Labute approximate surface area is 142 Å². The van der Waals surface area contributed by atoms with Crippen molar-refractivity contribution in [3.8, 4) is 0 Å². The molecule has 1 aliphatic heterocycles. The topological polar surface area (TPSA) is 41.5 Å². The van der Waals surface area contributed by atoms with E-state index < -0.39 is 0 Å². The molecule has 5 heteroatoms. The molecule has 0 spiro atoms. The number of aliphatic imine (C=N–C) groups is 1. The van der Waals surface area contributed by atoms with Crippen molar-refractivity contribution < 1.29 is 4.79 Å². The Bertz CT molecular complexity index is 815. The Kier molecular flexibility index (Phi) is 4.06. The van der Waals surface area contributed by atoms with Crippen LogP contribution in [0.1, 0.15) is 23.6 Å². The van der Waals surface area contributed by atoms with Crippen LogP contribution in [0, 0.1) is 6.92 Å². The van der Waals surface area contributed by atoms with Crippen molar-refractivity contribution in [1.82, 2.24) is 0 Å². The molecule has 2 aromatic rings. The highest BCUT2D eigenvalue weighted by Gasteiger charge is 2.28. The number of carbonyl (C=O) groups excluding carboxylic acids is 1. The molecule has 0 fully saturated rings. The summed E-state index contributed by atoms with van der Waals surface area (Å²) >= 11 is 9.63. The first-order chi connectivity index (χ1) is 10.5. The zero-order valence-corrected chi connectivity index (χ0v) is 14.5. The molecule has 1 N–H and O–H groups in total. The highest BCUT2D eigenvalue weighted by atomic mass is 79.9. The van der Waals surface area contributed by atoms with Gasteiger partial charge in [-0.05, 0) is 48.7 Å². The van der Waals surface area contributed by atoms with E-state index in [1.807, 2.05) is 31.2 Å². The van der Waals surface area contributed by atoms with Crippen molar-refractivity contribution in [1.29, 1.82) is 0 Å². The highest BCUT2D eigenvalue weighted by Crippen LogP contribution is 2.33. The van der Waals surface area contributed by atoms with Crippen LogP contribution < -0.4 is 5.32 Å². The van der Waals surface area contributed by atoms with E-state index in [-0.39, 0.29) is 5.91 Å². The van der Waals surface area contributed by atoms with Crippen molar-refractivity contribution >= 4 is 50.5 Å². The molecule has 0 radical (unpaired) electrons. The molecule has 0 unspecified atom stereocenters. The number of nitrogens with zero attached hydrogens (tertiary/aromatic N) is 1. The van der Waals surface area contributed by atoms with Gasteiger partial charge in [0.25, 0.3) is 5.91 Å². The maximum atomic E-state index is 12.3. The van der Waals surface area contributed by atoms with Crippen LogP contribution in [-0.2, 0) is 11.2 Å². The van der Waals surface area contributed by atoms with Crippen molar-refractivity contribution in [2.75, 3.05) is 5.32 Å². The lowest BCUT2D eigenvalue weighted by Crippen LogP contribution is -2.14. The maximum absolute atomic E-state index is 12.3. The second kappa shape index (κ2) is 5.86. The number of fused-ring (bicyclic) bond motifs is 1. The Morgan fingerprint density at radius 3 is 2.73 bits per heavy atom. The second-order valence-corrected chi connectivity index (χ2v) is 6.51.